The molecular formula is C9H12O2. The first-order chi connectivity index (χ1) is 5.21. The zero-order chi connectivity index (χ0) is 7.90. The minimum Gasteiger partial charge on any atom is -0.466 e. The molecule has 0 N–H and O–H groups in total. The van der Waals surface area contributed by atoms with Gasteiger partial charge < -0.3 is 9.15 Å². The van der Waals surface area contributed by atoms with Crippen LogP contribution in [0.3, 0.4) is 0 Å². The van der Waals surface area contributed by atoms with Crippen molar-refractivity contribution in [3.63, 3.8) is 0 Å². The van der Waals surface area contributed by atoms with E-state index in [0.29, 0.717) is 0 Å². The standard InChI is InChI=1S/C9H12O2/c1-7-3-4-8(11-7)9(2)5-10-6-9/h3-4H,5-6H2,1-2H3. The molecule has 0 saturated carbocycles. The molecule has 0 radical (unpaired) electrons. The average Bonchev–Trinajstić information content (AvgIpc) is 2.31. The summed E-state index contributed by atoms with van der Waals surface area (Å²) in [5.74, 6) is 2.04. The summed E-state index contributed by atoms with van der Waals surface area (Å²) in [7, 11) is 0. The molecule has 1 saturated heterocycles. The molecule has 0 aromatic carbocycles. The molecule has 2 rings (SSSR count). The van der Waals surface area contributed by atoms with E-state index in [1.807, 2.05) is 19.1 Å². The van der Waals surface area contributed by atoms with Gasteiger partial charge in [-0.3, -0.25) is 0 Å². The Morgan fingerprint density at radius 3 is 2.45 bits per heavy atom. The Balaban J connectivity index is 2.28. The molecule has 0 spiro atoms. The lowest BCUT2D eigenvalue weighted by Crippen LogP contribution is -2.43. The minimum absolute atomic E-state index is 0.147. The summed E-state index contributed by atoms with van der Waals surface area (Å²) in [5, 5.41) is 0. The molecule has 1 aliphatic rings. The highest BCUT2D eigenvalue weighted by molar-refractivity contribution is 5.18. The molecule has 1 aromatic heterocycles. The highest BCUT2D eigenvalue weighted by Crippen LogP contribution is 2.32. The summed E-state index contributed by atoms with van der Waals surface area (Å²) in [5.41, 5.74) is 0.147. The van der Waals surface area contributed by atoms with Crippen molar-refractivity contribution in [2.45, 2.75) is 19.3 Å². The number of hydrogen-bond donors (Lipinski definition) is 0. The van der Waals surface area contributed by atoms with Crippen molar-refractivity contribution in [3.8, 4) is 0 Å². The molecule has 0 atom stereocenters. The van der Waals surface area contributed by atoms with Crippen molar-refractivity contribution in [1.82, 2.24) is 0 Å². The predicted molar refractivity (Wildman–Crippen MR) is 41.6 cm³/mol. The van der Waals surface area contributed by atoms with Gasteiger partial charge in [0.2, 0.25) is 0 Å². The first kappa shape index (κ1) is 6.92. The Labute approximate surface area is 66.2 Å². The highest BCUT2D eigenvalue weighted by atomic mass is 16.5. The van der Waals surface area contributed by atoms with Crippen molar-refractivity contribution >= 4 is 0 Å². The first-order valence-corrected chi connectivity index (χ1v) is 3.85. The molecule has 0 bridgehead atoms. The van der Waals surface area contributed by atoms with Crippen molar-refractivity contribution in [2.24, 2.45) is 0 Å². The van der Waals surface area contributed by atoms with Crippen LogP contribution >= 0.6 is 0 Å². The number of aryl methyl sites for hydroxylation is 1. The number of hydrogen-bond acceptors (Lipinski definition) is 2. The van der Waals surface area contributed by atoms with E-state index in [1.165, 1.54) is 0 Å². The third kappa shape index (κ3) is 0.979. The van der Waals surface area contributed by atoms with E-state index in [1.54, 1.807) is 0 Å². The fraction of sp³-hybridized carbons (Fsp3) is 0.556. The second kappa shape index (κ2) is 2.11. The van der Waals surface area contributed by atoms with Gasteiger partial charge in [-0.05, 0) is 26.0 Å². The first-order valence-electron chi connectivity index (χ1n) is 3.85. The fourth-order valence-corrected chi connectivity index (χ4v) is 1.31. The molecule has 1 fully saturated rings. The maximum atomic E-state index is 5.51. The molecule has 2 nitrogen and oxygen atoms in total. The topological polar surface area (TPSA) is 22.4 Å². The Morgan fingerprint density at radius 2 is 2.09 bits per heavy atom. The van der Waals surface area contributed by atoms with E-state index in [9.17, 15) is 0 Å². The van der Waals surface area contributed by atoms with Crippen LogP contribution in [-0.4, -0.2) is 13.2 Å². The van der Waals surface area contributed by atoms with Gasteiger partial charge in [-0.25, -0.2) is 0 Å². The fourth-order valence-electron chi connectivity index (χ4n) is 1.31. The monoisotopic (exact) mass is 152 g/mol. The Bertz CT molecular complexity index is 258. The Hall–Kier alpha value is -0.760. The summed E-state index contributed by atoms with van der Waals surface area (Å²) in [6.07, 6.45) is 0. The molecule has 0 unspecified atom stereocenters. The van der Waals surface area contributed by atoms with Gasteiger partial charge in [0.25, 0.3) is 0 Å². The van der Waals surface area contributed by atoms with Gasteiger partial charge in [0.1, 0.15) is 11.5 Å². The third-order valence-corrected chi connectivity index (χ3v) is 2.18. The molecule has 11 heavy (non-hydrogen) atoms. The van der Waals surface area contributed by atoms with E-state index in [4.69, 9.17) is 9.15 Å². The van der Waals surface area contributed by atoms with E-state index in [-0.39, 0.29) is 5.41 Å². The molecule has 2 heteroatoms. The van der Waals surface area contributed by atoms with E-state index >= 15 is 0 Å². The van der Waals surface area contributed by atoms with E-state index < -0.39 is 0 Å². The van der Waals surface area contributed by atoms with Crippen LogP contribution in [0.5, 0.6) is 0 Å². The predicted octanol–water partition coefficient (Wildman–Crippen LogP) is 1.88. The van der Waals surface area contributed by atoms with Gasteiger partial charge in [0.15, 0.2) is 0 Å². The van der Waals surface area contributed by atoms with Crippen LogP contribution in [0.2, 0.25) is 0 Å². The second-order valence-electron chi connectivity index (χ2n) is 3.46. The summed E-state index contributed by atoms with van der Waals surface area (Å²) >= 11 is 0. The Morgan fingerprint density at radius 1 is 1.36 bits per heavy atom. The van der Waals surface area contributed by atoms with Gasteiger partial charge in [-0.2, -0.15) is 0 Å². The Kier molecular flexibility index (Phi) is 1.33. The molecular weight excluding hydrogens is 140 g/mol. The quantitative estimate of drug-likeness (QED) is 0.613. The molecule has 60 valence electrons. The average molecular weight is 152 g/mol. The summed E-state index contributed by atoms with van der Waals surface area (Å²) in [6, 6.07) is 4.04. The highest BCUT2D eigenvalue weighted by Gasteiger charge is 2.37. The van der Waals surface area contributed by atoms with Crippen LogP contribution in [0.15, 0.2) is 16.5 Å². The van der Waals surface area contributed by atoms with Crippen molar-refractivity contribution in [3.05, 3.63) is 23.7 Å². The third-order valence-electron chi connectivity index (χ3n) is 2.18. The number of furan rings is 1. The van der Waals surface area contributed by atoms with Crippen LogP contribution in [0.1, 0.15) is 18.4 Å². The molecule has 0 aliphatic carbocycles. The zero-order valence-corrected chi connectivity index (χ0v) is 6.89. The molecule has 0 amide bonds. The largest absolute Gasteiger partial charge is 0.466 e. The van der Waals surface area contributed by atoms with Gasteiger partial charge in [0.05, 0.1) is 18.6 Å². The van der Waals surface area contributed by atoms with Crippen LogP contribution in [0.25, 0.3) is 0 Å². The normalized spacial score (nSPS) is 21.3. The maximum Gasteiger partial charge on any atom is 0.114 e. The van der Waals surface area contributed by atoms with Crippen LogP contribution < -0.4 is 0 Å². The van der Waals surface area contributed by atoms with Gasteiger partial charge in [-0.15, -0.1) is 0 Å². The van der Waals surface area contributed by atoms with Crippen LogP contribution in [0.4, 0.5) is 0 Å². The van der Waals surface area contributed by atoms with Crippen LogP contribution in [0, 0.1) is 6.92 Å². The summed E-state index contributed by atoms with van der Waals surface area (Å²) < 4.78 is 10.7. The minimum atomic E-state index is 0.147. The molecule has 2 heterocycles. The van der Waals surface area contributed by atoms with Crippen LogP contribution in [-0.2, 0) is 10.2 Å². The number of rotatable bonds is 1. The number of ether oxygens (including phenoxy) is 1. The van der Waals surface area contributed by atoms with E-state index in [0.717, 1.165) is 24.7 Å². The molecule has 1 aliphatic heterocycles. The van der Waals surface area contributed by atoms with Crippen molar-refractivity contribution in [1.29, 1.82) is 0 Å². The van der Waals surface area contributed by atoms with Gasteiger partial charge >= 0.3 is 0 Å². The van der Waals surface area contributed by atoms with Gasteiger partial charge in [0, 0.05) is 0 Å². The SMILES string of the molecule is Cc1ccc(C2(C)COC2)o1. The lowest BCUT2D eigenvalue weighted by Gasteiger charge is -2.35. The smallest absolute Gasteiger partial charge is 0.114 e. The lowest BCUT2D eigenvalue weighted by atomic mass is 9.86. The van der Waals surface area contributed by atoms with Crippen molar-refractivity contribution < 1.29 is 9.15 Å². The molecule has 1 aromatic rings. The second-order valence-corrected chi connectivity index (χ2v) is 3.46. The maximum absolute atomic E-state index is 5.51. The zero-order valence-electron chi connectivity index (χ0n) is 6.89. The summed E-state index contributed by atoms with van der Waals surface area (Å²) in [6.45, 7) is 5.71. The van der Waals surface area contributed by atoms with Crippen molar-refractivity contribution in [2.75, 3.05) is 13.2 Å². The van der Waals surface area contributed by atoms with Gasteiger partial charge in [-0.1, -0.05) is 0 Å². The van der Waals surface area contributed by atoms with E-state index in [2.05, 4.69) is 6.92 Å². The lowest BCUT2D eigenvalue weighted by molar-refractivity contribution is -0.0600. The summed E-state index contributed by atoms with van der Waals surface area (Å²) in [4.78, 5) is 0.